The number of halogens is 5. The van der Waals surface area contributed by atoms with Crippen LogP contribution < -0.4 is 4.74 Å². The van der Waals surface area contributed by atoms with E-state index in [4.69, 9.17) is 21.1 Å². The summed E-state index contributed by atoms with van der Waals surface area (Å²) in [6.45, 7) is 3.90. The summed E-state index contributed by atoms with van der Waals surface area (Å²) >= 11 is 6.17. The van der Waals surface area contributed by atoms with Gasteiger partial charge in [-0.25, -0.2) is 4.39 Å². The van der Waals surface area contributed by atoms with Crippen molar-refractivity contribution in [3.8, 4) is 5.75 Å². The van der Waals surface area contributed by atoms with E-state index in [1.54, 1.807) is 18.2 Å². The molecule has 4 rings (SSSR count). The molecule has 1 heterocycles. The van der Waals surface area contributed by atoms with Gasteiger partial charge in [0.05, 0.1) is 23.6 Å². The molecule has 0 aromatic heterocycles. The van der Waals surface area contributed by atoms with Gasteiger partial charge in [-0.3, -0.25) is 9.69 Å². The summed E-state index contributed by atoms with van der Waals surface area (Å²) in [5.74, 6) is 0.0469. The van der Waals surface area contributed by atoms with Gasteiger partial charge in [-0.05, 0) is 64.9 Å². The maximum atomic E-state index is 13.4. The minimum Gasteiger partial charge on any atom is -0.494 e. The summed E-state index contributed by atoms with van der Waals surface area (Å²) < 4.78 is 64.5. The van der Waals surface area contributed by atoms with Crippen molar-refractivity contribution in [3.05, 3.63) is 99.3 Å². The van der Waals surface area contributed by atoms with Crippen molar-refractivity contribution in [2.45, 2.75) is 45.0 Å². The van der Waals surface area contributed by atoms with Crippen molar-refractivity contribution >= 4 is 17.6 Å². The number of rotatable bonds is 10. The van der Waals surface area contributed by atoms with Crippen LogP contribution in [-0.2, 0) is 35.3 Å². The number of esters is 1. The van der Waals surface area contributed by atoms with Crippen molar-refractivity contribution in [1.82, 2.24) is 4.90 Å². The van der Waals surface area contributed by atoms with Crippen LogP contribution in [0.25, 0.3) is 0 Å². The number of cyclic esters (lactones) is 1. The van der Waals surface area contributed by atoms with Gasteiger partial charge in [0.1, 0.15) is 18.2 Å². The number of hydrogen-bond acceptors (Lipinski definition) is 4. The molecule has 1 aliphatic heterocycles. The second kappa shape index (κ2) is 12.2. The number of nitrogens with zero attached hydrogens (tertiary/aromatic N) is 1. The second-order valence-electron chi connectivity index (χ2n) is 9.43. The summed E-state index contributed by atoms with van der Waals surface area (Å²) in [6, 6.07) is 15.7. The average Bonchev–Trinajstić information content (AvgIpc) is 2.87. The lowest BCUT2D eigenvalue weighted by Crippen LogP contribution is -2.30. The average molecular weight is 550 g/mol. The zero-order valence-electron chi connectivity index (χ0n) is 20.9. The van der Waals surface area contributed by atoms with Gasteiger partial charge in [0.15, 0.2) is 0 Å². The highest BCUT2D eigenvalue weighted by Gasteiger charge is 2.34. The smallest absolute Gasteiger partial charge is 0.417 e. The Bertz CT molecular complexity index is 1260. The maximum absolute atomic E-state index is 13.4. The number of carbonyl (C=O) groups is 1. The number of fused-ring (bicyclic) bond motifs is 1. The fourth-order valence-electron chi connectivity index (χ4n) is 4.52. The quantitative estimate of drug-likeness (QED) is 0.153. The molecule has 38 heavy (non-hydrogen) atoms. The van der Waals surface area contributed by atoms with Crippen LogP contribution in [-0.4, -0.2) is 30.6 Å². The van der Waals surface area contributed by atoms with Crippen molar-refractivity contribution in [3.63, 3.8) is 0 Å². The lowest BCUT2D eigenvalue weighted by atomic mass is 10.00. The van der Waals surface area contributed by atoms with Crippen LogP contribution in [0.1, 0.15) is 47.1 Å². The monoisotopic (exact) mass is 549 g/mol. The topological polar surface area (TPSA) is 38.8 Å². The zero-order chi connectivity index (χ0) is 27.3. The largest absolute Gasteiger partial charge is 0.494 e. The van der Waals surface area contributed by atoms with Crippen molar-refractivity contribution < 1.29 is 31.8 Å². The molecule has 0 radical (unpaired) electrons. The molecule has 0 fully saturated rings. The highest BCUT2D eigenvalue weighted by molar-refractivity contribution is 6.32. The van der Waals surface area contributed by atoms with Crippen LogP contribution in [0, 0.1) is 5.82 Å². The molecule has 3 aromatic rings. The molecule has 0 N–H and O–H groups in total. The lowest BCUT2D eigenvalue weighted by molar-refractivity contribution is -0.145. The molecular weight excluding hydrogens is 522 g/mol. The van der Waals surface area contributed by atoms with E-state index in [9.17, 15) is 22.4 Å². The summed E-state index contributed by atoms with van der Waals surface area (Å²) in [5.41, 5.74) is 2.29. The van der Waals surface area contributed by atoms with Gasteiger partial charge in [-0.2, -0.15) is 13.2 Å². The fourth-order valence-corrected chi connectivity index (χ4v) is 4.81. The van der Waals surface area contributed by atoms with Crippen LogP contribution in [0.5, 0.6) is 5.75 Å². The van der Waals surface area contributed by atoms with Crippen molar-refractivity contribution in [1.29, 1.82) is 0 Å². The molecule has 0 amide bonds. The molecule has 202 valence electrons. The molecule has 9 heteroatoms. The normalized spacial score (nSPS) is 14.2. The van der Waals surface area contributed by atoms with Gasteiger partial charge in [0.2, 0.25) is 0 Å². The van der Waals surface area contributed by atoms with Crippen LogP contribution in [0.2, 0.25) is 5.02 Å². The Hall–Kier alpha value is -3.10. The first kappa shape index (κ1) is 27.9. The highest BCUT2D eigenvalue weighted by atomic mass is 35.5. The van der Waals surface area contributed by atoms with E-state index in [1.807, 2.05) is 30.0 Å². The van der Waals surface area contributed by atoms with E-state index in [0.717, 1.165) is 22.8 Å². The van der Waals surface area contributed by atoms with Gasteiger partial charge in [-0.1, -0.05) is 48.9 Å². The third kappa shape index (κ3) is 7.26. The van der Waals surface area contributed by atoms with Gasteiger partial charge in [-0.15, -0.1) is 0 Å². The molecule has 0 saturated carbocycles. The van der Waals surface area contributed by atoms with Gasteiger partial charge in [0.25, 0.3) is 0 Å². The molecule has 4 nitrogen and oxygen atoms in total. The van der Waals surface area contributed by atoms with E-state index in [2.05, 4.69) is 0 Å². The maximum Gasteiger partial charge on any atom is 0.417 e. The molecule has 0 aliphatic carbocycles. The van der Waals surface area contributed by atoms with E-state index < -0.39 is 11.7 Å². The van der Waals surface area contributed by atoms with Gasteiger partial charge < -0.3 is 9.47 Å². The Morgan fingerprint density at radius 1 is 1.08 bits per heavy atom. The molecule has 0 spiro atoms. The number of benzene rings is 3. The molecule has 1 aliphatic rings. The summed E-state index contributed by atoms with van der Waals surface area (Å²) in [4.78, 5) is 13.6. The van der Waals surface area contributed by atoms with Crippen molar-refractivity contribution in [2.75, 3.05) is 19.7 Å². The summed E-state index contributed by atoms with van der Waals surface area (Å²) in [5, 5.41) is -0.303. The van der Waals surface area contributed by atoms with Crippen LogP contribution in [0.4, 0.5) is 17.6 Å². The van der Waals surface area contributed by atoms with Gasteiger partial charge >= 0.3 is 12.1 Å². The molecular formula is C29H28ClF4NO3. The minimum absolute atomic E-state index is 0.00138. The highest BCUT2D eigenvalue weighted by Crippen LogP contribution is 2.36. The number of hydrogen-bond donors (Lipinski definition) is 0. The Morgan fingerprint density at radius 2 is 1.84 bits per heavy atom. The zero-order valence-corrected chi connectivity index (χ0v) is 21.6. The van der Waals surface area contributed by atoms with Crippen molar-refractivity contribution in [2.24, 2.45) is 0 Å². The minimum atomic E-state index is -4.54. The number of carbonyl (C=O) groups excluding carboxylic acids is 1. The van der Waals surface area contributed by atoms with E-state index in [1.165, 1.54) is 18.2 Å². The first-order chi connectivity index (χ1) is 18.1. The van der Waals surface area contributed by atoms with Gasteiger partial charge in [0, 0.05) is 19.6 Å². The van der Waals surface area contributed by atoms with E-state index in [-0.39, 0.29) is 42.3 Å². The molecule has 0 saturated heterocycles. The fraction of sp³-hybridized carbons (Fsp3) is 0.345. The summed E-state index contributed by atoms with van der Waals surface area (Å²) in [7, 11) is 0. The predicted octanol–water partition coefficient (Wildman–Crippen LogP) is 7.17. The molecule has 0 bridgehead atoms. The Balaban J connectivity index is 1.43. The lowest BCUT2D eigenvalue weighted by Gasteiger charge is -2.27. The first-order valence-corrected chi connectivity index (χ1v) is 12.7. The predicted molar refractivity (Wildman–Crippen MR) is 137 cm³/mol. The Kier molecular flexibility index (Phi) is 8.95. The van der Waals surface area contributed by atoms with Crippen LogP contribution in [0.15, 0.2) is 60.7 Å². The van der Waals surface area contributed by atoms with E-state index >= 15 is 0 Å². The standard InChI is InChI=1S/C29H28ClF4NO3/c1-19(20-6-9-24(31)10-7-20)16-35(17-21-4-2-5-26(28(21)30)29(32,33)34)12-3-13-37-25-11-8-22-18-38-27(36)15-23(22)14-25/h2,4-11,14,19H,3,12-13,15-18H2,1H3. The third-order valence-corrected chi connectivity index (χ3v) is 6.98. The first-order valence-electron chi connectivity index (χ1n) is 12.3. The number of alkyl halides is 3. The molecule has 1 unspecified atom stereocenters. The number of ether oxygens (including phenoxy) is 2. The van der Waals surface area contributed by atoms with E-state index in [0.29, 0.717) is 37.4 Å². The third-order valence-electron chi connectivity index (χ3n) is 6.54. The Morgan fingerprint density at radius 3 is 2.58 bits per heavy atom. The SMILES string of the molecule is CC(CN(CCCOc1ccc2c(c1)CC(=O)OC2)Cc1cccc(C(F)(F)F)c1Cl)c1ccc(F)cc1. The molecule has 3 aromatic carbocycles. The Labute approximate surface area is 224 Å². The summed E-state index contributed by atoms with van der Waals surface area (Å²) in [6.07, 6.45) is -3.73. The second-order valence-corrected chi connectivity index (χ2v) is 9.81. The van der Waals surface area contributed by atoms with Crippen LogP contribution in [0.3, 0.4) is 0 Å². The van der Waals surface area contributed by atoms with Crippen LogP contribution >= 0.6 is 11.6 Å². The molecule has 1 atom stereocenters.